The molecule has 0 unspecified atom stereocenters. The van der Waals surface area contributed by atoms with Crippen molar-refractivity contribution >= 4 is 11.6 Å². The van der Waals surface area contributed by atoms with Crippen LogP contribution in [0.4, 0.5) is 5.69 Å². The van der Waals surface area contributed by atoms with Crippen molar-refractivity contribution in [1.82, 2.24) is 0 Å². The molecule has 0 aromatic heterocycles. The maximum absolute atomic E-state index is 12.8. The summed E-state index contributed by atoms with van der Waals surface area (Å²) in [6.07, 6.45) is 5.30. The van der Waals surface area contributed by atoms with E-state index in [9.17, 15) is 4.79 Å². The van der Waals surface area contributed by atoms with Crippen molar-refractivity contribution in [2.24, 2.45) is 0 Å². The molecule has 0 atom stereocenters. The highest BCUT2D eigenvalue weighted by Crippen LogP contribution is 2.33. The Labute approximate surface area is 130 Å². The zero-order valence-corrected chi connectivity index (χ0v) is 12.4. The van der Waals surface area contributed by atoms with Crippen LogP contribution in [-0.2, 0) is 12.8 Å². The Morgan fingerprint density at radius 1 is 1.09 bits per heavy atom. The Balaban J connectivity index is 1.93. The topological polar surface area (TPSA) is 40.5 Å². The number of anilines is 1. The SMILES string of the molecule is O=C(c1ccccc1)N1CCc2cccc(C/C=C\CO)c21. The second kappa shape index (κ2) is 6.58. The Morgan fingerprint density at radius 2 is 1.91 bits per heavy atom. The molecule has 0 bridgehead atoms. The van der Waals surface area contributed by atoms with E-state index in [2.05, 4.69) is 12.1 Å². The van der Waals surface area contributed by atoms with Crippen LogP contribution in [0.5, 0.6) is 0 Å². The third-order valence-corrected chi connectivity index (χ3v) is 3.95. The summed E-state index contributed by atoms with van der Waals surface area (Å²) in [5, 5.41) is 8.88. The van der Waals surface area contributed by atoms with Gasteiger partial charge in [-0.2, -0.15) is 0 Å². The zero-order valence-electron chi connectivity index (χ0n) is 12.4. The highest BCUT2D eigenvalue weighted by atomic mass is 16.2. The van der Waals surface area contributed by atoms with E-state index in [4.69, 9.17) is 5.11 Å². The number of fused-ring (bicyclic) bond motifs is 1. The maximum atomic E-state index is 12.8. The summed E-state index contributed by atoms with van der Waals surface area (Å²) in [5.74, 6) is 0.0536. The van der Waals surface area contributed by atoms with Gasteiger partial charge in [-0.3, -0.25) is 4.79 Å². The molecular weight excluding hydrogens is 274 g/mol. The molecule has 2 aromatic rings. The third kappa shape index (κ3) is 2.81. The number of carbonyl (C=O) groups is 1. The lowest BCUT2D eigenvalue weighted by atomic mass is 10.0. The second-order valence-electron chi connectivity index (χ2n) is 5.36. The summed E-state index contributed by atoms with van der Waals surface area (Å²) in [6.45, 7) is 0.769. The van der Waals surface area contributed by atoms with Crippen LogP contribution >= 0.6 is 0 Å². The van der Waals surface area contributed by atoms with Crippen LogP contribution in [0, 0.1) is 0 Å². The molecule has 2 aromatic carbocycles. The first-order valence-corrected chi connectivity index (χ1v) is 7.55. The van der Waals surface area contributed by atoms with Gasteiger partial charge >= 0.3 is 0 Å². The minimum atomic E-state index is 0.0433. The van der Waals surface area contributed by atoms with E-state index in [0.29, 0.717) is 0 Å². The van der Waals surface area contributed by atoms with Gasteiger partial charge in [0.05, 0.1) is 12.3 Å². The highest BCUT2D eigenvalue weighted by molar-refractivity contribution is 6.07. The average molecular weight is 293 g/mol. The minimum Gasteiger partial charge on any atom is -0.392 e. The number of rotatable bonds is 4. The van der Waals surface area contributed by atoms with Gasteiger partial charge in [0.15, 0.2) is 0 Å². The van der Waals surface area contributed by atoms with Crippen molar-refractivity contribution in [3.63, 3.8) is 0 Å². The van der Waals surface area contributed by atoms with E-state index >= 15 is 0 Å². The van der Waals surface area contributed by atoms with Crippen molar-refractivity contribution in [2.75, 3.05) is 18.1 Å². The molecule has 3 rings (SSSR count). The van der Waals surface area contributed by atoms with Crippen LogP contribution in [0.25, 0.3) is 0 Å². The summed E-state index contributed by atoms with van der Waals surface area (Å²) in [6, 6.07) is 15.6. The average Bonchev–Trinajstić information content (AvgIpc) is 3.00. The maximum Gasteiger partial charge on any atom is 0.258 e. The molecule has 1 heterocycles. The molecule has 3 heteroatoms. The van der Waals surface area contributed by atoms with Gasteiger partial charge in [-0.15, -0.1) is 0 Å². The molecule has 22 heavy (non-hydrogen) atoms. The molecular formula is C19H19NO2. The van der Waals surface area contributed by atoms with Crippen LogP contribution < -0.4 is 4.90 Å². The highest BCUT2D eigenvalue weighted by Gasteiger charge is 2.27. The van der Waals surface area contributed by atoms with Crippen molar-refractivity contribution in [1.29, 1.82) is 0 Å². The molecule has 1 aliphatic heterocycles. The molecule has 0 spiro atoms. The molecule has 0 saturated heterocycles. The number of carbonyl (C=O) groups excluding carboxylic acids is 1. The number of allylic oxidation sites excluding steroid dienone is 1. The smallest absolute Gasteiger partial charge is 0.258 e. The Morgan fingerprint density at radius 3 is 2.68 bits per heavy atom. The predicted octanol–water partition coefficient (Wildman–Crippen LogP) is 2.98. The quantitative estimate of drug-likeness (QED) is 0.880. The first-order chi connectivity index (χ1) is 10.8. The summed E-state index contributed by atoms with van der Waals surface area (Å²) < 4.78 is 0. The van der Waals surface area contributed by atoms with Gasteiger partial charge in [0, 0.05) is 12.1 Å². The standard InChI is InChI=1S/C19H19NO2/c21-14-5-4-7-15-10-6-11-16-12-13-20(18(15)16)19(22)17-8-2-1-3-9-17/h1-6,8-11,21H,7,12-14H2/b5-4-. The first-order valence-electron chi connectivity index (χ1n) is 7.55. The van der Waals surface area contributed by atoms with E-state index in [1.54, 1.807) is 6.08 Å². The molecule has 0 radical (unpaired) electrons. The number of para-hydroxylation sites is 1. The van der Waals surface area contributed by atoms with E-state index < -0.39 is 0 Å². The molecule has 0 aliphatic carbocycles. The number of hydrogen-bond acceptors (Lipinski definition) is 2. The number of nitrogens with zero attached hydrogens (tertiary/aromatic N) is 1. The fraction of sp³-hybridized carbons (Fsp3) is 0.211. The van der Waals surface area contributed by atoms with Crippen LogP contribution in [0.2, 0.25) is 0 Å². The lowest BCUT2D eigenvalue weighted by molar-refractivity contribution is 0.0989. The summed E-state index contributed by atoms with van der Waals surface area (Å²) in [5.41, 5.74) is 4.11. The lowest BCUT2D eigenvalue weighted by Gasteiger charge is -2.20. The monoisotopic (exact) mass is 293 g/mol. The van der Waals surface area contributed by atoms with E-state index in [-0.39, 0.29) is 12.5 Å². The van der Waals surface area contributed by atoms with Gasteiger partial charge in [-0.1, -0.05) is 48.6 Å². The second-order valence-corrected chi connectivity index (χ2v) is 5.36. The number of aliphatic hydroxyl groups excluding tert-OH is 1. The van der Waals surface area contributed by atoms with Crippen molar-refractivity contribution in [3.05, 3.63) is 77.4 Å². The Bertz CT molecular complexity index is 692. The molecule has 112 valence electrons. The number of benzene rings is 2. The molecule has 0 fully saturated rings. The van der Waals surface area contributed by atoms with Gasteiger partial charge in [0.2, 0.25) is 0 Å². The van der Waals surface area contributed by atoms with E-state index in [1.165, 1.54) is 5.56 Å². The predicted molar refractivity (Wildman–Crippen MR) is 88.2 cm³/mol. The van der Waals surface area contributed by atoms with Crippen LogP contribution in [0.15, 0.2) is 60.7 Å². The van der Waals surface area contributed by atoms with Crippen molar-refractivity contribution < 1.29 is 9.90 Å². The fourth-order valence-electron chi connectivity index (χ4n) is 2.93. The first kappa shape index (κ1) is 14.5. The third-order valence-electron chi connectivity index (χ3n) is 3.95. The van der Waals surface area contributed by atoms with Crippen LogP contribution in [0.1, 0.15) is 21.5 Å². The summed E-state index contributed by atoms with van der Waals surface area (Å²) >= 11 is 0. The van der Waals surface area contributed by atoms with Gasteiger partial charge in [-0.25, -0.2) is 0 Å². The molecule has 1 amide bonds. The van der Waals surface area contributed by atoms with Gasteiger partial charge < -0.3 is 10.0 Å². The fourth-order valence-corrected chi connectivity index (χ4v) is 2.93. The normalized spacial score (nSPS) is 13.6. The zero-order chi connectivity index (χ0) is 15.4. The van der Waals surface area contributed by atoms with Crippen molar-refractivity contribution in [3.8, 4) is 0 Å². The van der Waals surface area contributed by atoms with Gasteiger partial charge in [0.25, 0.3) is 5.91 Å². The van der Waals surface area contributed by atoms with E-state index in [0.717, 1.165) is 36.2 Å². The minimum absolute atomic E-state index is 0.0433. The van der Waals surface area contributed by atoms with Gasteiger partial charge in [0.1, 0.15) is 0 Å². The lowest BCUT2D eigenvalue weighted by Crippen LogP contribution is -2.29. The summed E-state index contributed by atoms with van der Waals surface area (Å²) in [7, 11) is 0. The van der Waals surface area contributed by atoms with Crippen LogP contribution in [0.3, 0.4) is 0 Å². The van der Waals surface area contributed by atoms with Gasteiger partial charge in [-0.05, 0) is 36.1 Å². The Hall–Kier alpha value is -2.39. The van der Waals surface area contributed by atoms with Crippen LogP contribution in [-0.4, -0.2) is 24.2 Å². The number of amides is 1. The molecule has 1 aliphatic rings. The summed E-state index contributed by atoms with van der Waals surface area (Å²) in [4.78, 5) is 14.6. The van der Waals surface area contributed by atoms with E-state index in [1.807, 2.05) is 47.4 Å². The molecule has 3 nitrogen and oxygen atoms in total. The number of hydrogen-bond donors (Lipinski definition) is 1. The number of aliphatic hydroxyl groups is 1. The van der Waals surface area contributed by atoms with Crippen molar-refractivity contribution in [2.45, 2.75) is 12.8 Å². The molecule has 0 saturated carbocycles. The Kier molecular flexibility index (Phi) is 4.35. The largest absolute Gasteiger partial charge is 0.392 e. The molecule has 1 N–H and O–H groups in total.